The van der Waals surface area contributed by atoms with E-state index in [2.05, 4.69) is 4.99 Å². The van der Waals surface area contributed by atoms with Gasteiger partial charge in [0.2, 0.25) is 0 Å². The van der Waals surface area contributed by atoms with Crippen LogP contribution in [0.1, 0.15) is 58.8 Å². The van der Waals surface area contributed by atoms with E-state index in [9.17, 15) is 45.6 Å². The molecule has 0 aromatic heterocycles. The van der Waals surface area contributed by atoms with E-state index in [-0.39, 0.29) is 61.5 Å². The summed E-state index contributed by atoms with van der Waals surface area (Å²) in [5, 5.41) is 84.7. The molecule has 0 amide bonds. The smallest absolute Gasteiger partial charge is 0.862 e. The van der Waals surface area contributed by atoms with Gasteiger partial charge in [0.05, 0.1) is 25.4 Å². The molecule has 1 unspecified atom stereocenters. The van der Waals surface area contributed by atoms with E-state index in [1.54, 1.807) is 0 Å². The van der Waals surface area contributed by atoms with Crippen LogP contribution in [0.2, 0.25) is 0 Å². The summed E-state index contributed by atoms with van der Waals surface area (Å²) in [5.74, 6) is -1.60. The van der Waals surface area contributed by atoms with Gasteiger partial charge in [0.15, 0.2) is 18.7 Å². The molecule has 16 nitrogen and oxygen atoms in total. The molecule has 1 aliphatic carbocycles. The van der Waals surface area contributed by atoms with Gasteiger partial charge in [0, 0.05) is 6.61 Å². The van der Waals surface area contributed by atoms with Crippen LogP contribution in [-0.2, 0) is 33.2 Å². The molecule has 3 heterocycles. The van der Waals surface area contributed by atoms with Gasteiger partial charge >= 0.3 is 35.5 Å². The Bertz CT molecular complexity index is 969. The van der Waals surface area contributed by atoms with Crippen molar-refractivity contribution in [2.75, 3.05) is 19.8 Å². The third-order valence-electron chi connectivity index (χ3n) is 9.06. The molecule has 3 saturated heterocycles. The number of aliphatic hydroxyl groups is 6. The molecule has 4 fully saturated rings. The molecule has 1 saturated carbocycles. The summed E-state index contributed by atoms with van der Waals surface area (Å²) in [6, 6.07) is 0. The zero-order chi connectivity index (χ0) is 32.8. The van der Waals surface area contributed by atoms with Crippen molar-refractivity contribution < 1.29 is 104 Å². The first-order valence-electron chi connectivity index (χ1n) is 15.7. The quantitative estimate of drug-likeness (QED) is 0.0580. The standard InChI is InChI=1S/C29H49NO15.Na/c1-13-20(33)22(35)23(36)28(41-13)45-25-16(8-9-40-18(25)11-30-14(2)32)43-29-24(37)26(21(34)19(12-31)44-29)42-17(27(38)39)10-15-6-4-3-5-7-15;/h13,15-26,28-29,31,33-37H,3-12H2,1-2H3,(H,30,32)(H,38,39);/q;+1/p-1/t13-,16+,17+,18?,19+,20+,21-,22-,23+,24-,25-,26+,28-,29+;/m1./s1. The molecule has 0 aromatic rings. The second kappa shape index (κ2) is 18.5. The van der Waals surface area contributed by atoms with E-state index in [1.807, 2.05) is 0 Å². The van der Waals surface area contributed by atoms with E-state index in [0.29, 0.717) is 0 Å². The van der Waals surface area contributed by atoms with Crippen LogP contribution in [-0.4, -0.2) is 153 Å². The normalized spacial score (nSPS) is 41.8. The van der Waals surface area contributed by atoms with Crippen LogP contribution in [0.3, 0.4) is 0 Å². The van der Waals surface area contributed by atoms with Crippen molar-refractivity contribution in [3.63, 3.8) is 0 Å². The number of aliphatic hydroxyl groups excluding tert-OH is 6. The summed E-state index contributed by atoms with van der Waals surface area (Å²) in [6.07, 6.45) is -13.8. The first-order chi connectivity index (χ1) is 21.4. The Morgan fingerprint density at radius 3 is 2.20 bits per heavy atom. The molecule has 0 radical (unpaired) electrons. The fourth-order valence-electron chi connectivity index (χ4n) is 6.44. The number of carbonyl (C=O) groups is 1. The van der Waals surface area contributed by atoms with Gasteiger partial charge in [-0.1, -0.05) is 32.1 Å². The Labute approximate surface area is 289 Å². The van der Waals surface area contributed by atoms with Gasteiger partial charge in [0.1, 0.15) is 54.9 Å². The number of nitrogens with zero attached hydrogens (tertiary/aromatic N) is 1. The molecule has 17 heteroatoms. The Kier molecular flexibility index (Phi) is 16.0. The monoisotopic (exact) mass is 673 g/mol. The topological polar surface area (TPSA) is 249 Å². The maximum Gasteiger partial charge on any atom is 1.00 e. The third-order valence-corrected chi connectivity index (χ3v) is 9.06. The molecule has 0 bridgehead atoms. The fraction of sp³-hybridized carbons (Fsp3) is 0.931. The van der Waals surface area contributed by atoms with Crippen molar-refractivity contribution in [1.82, 2.24) is 0 Å². The van der Waals surface area contributed by atoms with Gasteiger partial charge in [-0.15, -0.1) is 0 Å². The molecular weight excluding hydrogens is 625 g/mol. The Hall–Kier alpha value is -0.540. The Morgan fingerprint density at radius 1 is 0.891 bits per heavy atom. The van der Waals surface area contributed by atoms with Crippen molar-refractivity contribution in [2.45, 2.75) is 145 Å². The fourth-order valence-corrected chi connectivity index (χ4v) is 6.44. The van der Waals surface area contributed by atoms with Crippen molar-refractivity contribution in [3.8, 4) is 0 Å². The van der Waals surface area contributed by atoms with Crippen molar-refractivity contribution in [2.24, 2.45) is 10.9 Å². The zero-order valence-corrected chi connectivity index (χ0v) is 28.6. The molecule has 4 aliphatic rings. The number of carboxylic acid groups (broad SMARTS) is 1. The number of aliphatic imine (C=N–C) groups is 1. The van der Waals surface area contributed by atoms with Gasteiger partial charge in [-0.3, -0.25) is 0 Å². The molecule has 4 rings (SSSR count). The second-order valence-electron chi connectivity index (χ2n) is 12.4. The summed E-state index contributed by atoms with van der Waals surface area (Å²) in [5.41, 5.74) is 0. The molecule has 0 spiro atoms. The number of ether oxygens (including phenoxy) is 6. The molecule has 46 heavy (non-hydrogen) atoms. The van der Waals surface area contributed by atoms with Gasteiger partial charge < -0.3 is 74.3 Å². The van der Waals surface area contributed by atoms with Crippen LogP contribution in [0.4, 0.5) is 0 Å². The zero-order valence-electron chi connectivity index (χ0n) is 26.6. The average Bonchev–Trinajstić information content (AvgIpc) is 3.01. The predicted octanol–water partition coefficient (Wildman–Crippen LogP) is -5.60. The van der Waals surface area contributed by atoms with Gasteiger partial charge in [-0.25, -0.2) is 4.79 Å². The number of rotatable bonds is 12. The van der Waals surface area contributed by atoms with E-state index in [0.717, 1.165) is 32.1 Å². The summed E-state index contributed by atoms with van der Waals surface area (Å²) in [7, 11) is 0. The molecule has 14 atom stereocenters. The van der Waals surface area contributed by atoms with Crippen LogP contribution >= 0.6 is 0 Å². The van der Waals surface area contributed by atoms with Crippen molar-refractivity contribution in [3.05, 3.63) is 0 Å². The maximum absolute atomic E-state index is 12.2. The summed E-state index contributed by atoms with van der Waals surface area (Å²) < 4.78 is 35.1. The van der Waals surface area contributed by atoms with E-state index < -0.39 is 104 Å². The first-order valence-corrected chi connectivity index (χ1v) is 15.7. The van der Waals surface area contributed by atoms with E-state index in [1.165, 1.54) is 13.8 Å². The minimum absolute atomic E-state index is 0. The summed E-state index contributed by atoms with van der Waals surface area (Å²) >= 11 is 0. The van der Waals surface area contributed by atoms with Gasteiger partial charge in [-0.05, 0) is 38.5 Å². The average molecular weight is 674 g/mol. The maximum atomic E-state index is 12.2. The minimum atomic E-state index is -1.70. The molecular formula is C29H48NNaO15. The third kappa shape index (κ3) is 10.0. The summed E-state index contributed by atoms with van der Waals surface area (Å²) in [6.45, 7) is 1.98. The SMILES string of the molecule is CC([O-])=NCC1OCC[C@H](O[C@H]2O[C@@H](CO)[C@@H](O)[C@H](O[C@@H](CC3CCCCC3)C(=O)O)[C@H]2O)[C@H]1O[C@H]1O[C@H](C)[C@H](O)[C@@H](O)[C@@H]1O.[Na+]. The van der Waals surface area contributed by atoms with Gasteiger partial charge in [0.25, 0.3) is 0 Å². The van der Waals surface area contributed by atoms with Crippen molar-refractivity contribution >= 4 is 11.9 Å². The van der Waals surface area contributed by atoms with Crippen LogP contribution in [0.15, 0.2) is 4.99 Å². The number of aliphatic carboxylic acids is 1. The summed E-state index contributed by atoms with van der Waals surface area (Å²) in [4.78, 5) is 16.0. The second-order valence-corrected chi connectivity index (χ2v) is 12.4. The molecule has 7 N–H and O–H groups in total. The number of hydrogen-bond donors (Lipinski definition) is 7. The Morgan fingerprint density at radius 2 is 1.57 bits per heavy atom. The van der Waals surface area contributed by atoms with Crippen LogP contribution in [0.25, 0.3) is 0 Å². The largest absolute Gasteiger partial charge is 1.00 e. The minimum Gasteiger partial charge on any atom is -0.862 e. The van der Waals surface area contributed by atoms with E-state index >= 15 is 0 Å². The number of hydrogen-bond acceptors (Lipinski definition) is 15. The number of carboxylic acids is 1. The first kappa shape index (κ1) is 39.9. The predicted molar refractivity (Wildman–Crippen MR) is 150 cm³/mol. The molecule has 3 aliphatic heterocycles. The Balaban J connectivity index is 0.00000576. The van der Waals surface area contributed by atoms with Crippen molar-refractivity contribution in [1.29, 1.82) is 0 Å². The van der Waals surface area contributed by atoms with Gasteiger partial charge in [-0.2, -0.15) is 0 Å². The van der Waals surface area contributed by atoms with E-state index in [4.69, 9.17) is 28.4 Å². The molecule has 0 aromatic carbocycles. The van der Waals surface area contributed by atoms with Crippen LogP contribution in [0, 0.1) is 5.92 Å². The van der Waals surface area contributed by atoms with Crippen LogP contribution < -0.4 is 34.7 Å². The molecule has 260 valence electrons. The van der Waals surface area contributed by atoms with Crippen LogP contribution in [0.5, 0.6) is 0 Å².